The Morgan fingerprint density at radius 1 is 0.760 bits per heavy atom. The van der Waals surface area contributed by atoms with Gasteiger partial charge in [-0.05, 0) is 24.5 Å². The third-order valence-electron chi connectivity index (χ3n) is 3.12. The molecule has 0 unspecified atom stereocenters. The predicted octanol–water partition coefficient (Wildman–Crippen LogP) is 6.11. The molecule has 1 nitrogen and oxygen atoms in total. The molecule has 0 amide bonds. The highest BCUT2D eigenvalue weighted by molar-refractivity contribution is 5.68. The molecule has 0 fully saturated rings. The maximum atomic E-state index is 13.4. The molecule has 2 rings (SSSR count). The van der Waals surface area contributed by atoms with Gasteiger partial charge in [-0.1, -0.05) is 12.1 Å². The number of hydrogen-bond acceptors (Lipinski definition) is 1. The molecular weight excluding hydrogens is 365 g/mol. The average Bonchev–Trinajstić information content (AvgIpc) is 2.50. The first-order valence-corrected chi connectivity index (χ1v) is 6.29. The normalized spacial score (nSPS) is 15.5. The molecule has 0 bridgehead atoms. The van der Waals surface area contributed by atoms with Crippen LogP contribution in [0.2, 0.25) is 0 Å². The zero-order chi connectivity index (χ0) is 21.7. The first kappa shape index (κ1) is 15.0. The molecule has 0 aliphatic carbocycles. The lowest BCUT2D eigenvalue weighted by Gasteiger charge is -2.23. The molecule has 0 saturated carbocycles. The summed E-state index contributed by atoms with van der Waals surface area (Å²) in [6.45, 7) is -2.68. The van der Waals surface area contributed by atoms with Crippen LogP contribution in [0.4, 0.5) is 39.5 Å². The summed E-state index contributed by atoms with van der Waals surface area (Å²) in [5.74, 6) is 0. The van der Waals surface area contributed by atoms with Crippen molar-refractivity contribution in [2.45, 2.75) is 25.4 Å². The molecule has 0 aliphatic heterocycles. The highest BCUT2D eigenvalue weighted by Crippen LogP contribution is 2.49. The van der Waals surface area contributed by atoms with E-state index in [-0.39, 0.29) is 12.1 Å². The van der Waals surface area contributed by atoms with Gasteiger partial charge in [0.1, 0.15) is 0 Å². The highest BCUT2D eigenvalue weighted by atomic mass is 19.4. The number of pyridine rings is 1. The molecule has 2 aromatic rings. The van der Waals surface area contributed by atoms with E-state index in [2.05, 4.69) is 4.98 Å². The molecule has 1 heterocycles. The topological polar surface area (TPSA) is 12.9 Å². The van der Waals surface area contributed by atoms with E-state index in [9.17, 15) is 39.5 Å². The third-order valence-corrected chi connectivity index (χ3v) is 3.12. The Bertz CT molecular complexity index is 863. The van der Waals surface area contributed by atoms with Crippen molar-refractivity contribution in [3.8, 4) is 11.3 Å². The average molecular weight is 376 g/mol. The van der Waals surface area contributed by atoms with Gasteiger partial charge in [0.05, 0.1) is 22.4 Å². The molecular formula is C15H8F9N. The van der Waals surface area contributed by atoms with E-state index in [1.54, 1.807) is 0 Å². The summed E-state index contributed by atoms with van der Waals surface area (Å²) in [6, 6.07) is 1.60. The van der Waals surface area contributed by atoms with E-state index < -0.39 is 58.9 Å². The molecule has 0 saturated heterocycles. The Morgan fingerprint density at radius 2 is 1.36 bits per heavy atom. The standard InChI is InChI=1S/C15H8F9N/c1-7-2-5-10(25-6-7)8-3-4-9(13(16,17)18)12(15(22,23)24)11(8)14(19,20)21/h2-6H,1H3/i1D3. The van der Waals surface area contributed by atoms with Crippen molar-refractivity contribution in [1.29, 1.82) is 0 Å². The van der Waals surface area contributed by atoms with Gasteiger partial charge >= 0.3 is 18.5 Å². The maximum Gasteiger partial charge on any atom is 0.417 e. The lowest BCUT2D eigenvalue weighted by Crippen LogP contribution is -2.24. The van der Waals surface area contributed by atoms with Gasteiger partial charge in [-0.25, -0.2) is 0 Å². The van der Waals surface area contributed by atoms with Crippen LogP contribution in [0.3, 0.4) is 0 Å². The molecule has 0 atom stereocenters. The van der Waals surface area contributed by atoms with Gasteiger partial charge in [0.2, 0.25) is 0 Å². The highest BCUT2D eigenvalue weighted by Gasteiger charge is 2.51. The first-order chi connectivity index (χ1) is 12.4. The number of hydrogen-bond donors (Lipinski definition) is 0. The SMILES string of the molecule is [2H]C([2H])([2H])c1ccc(-c2ccc(C(F)(F)F)c(C(F)(F)F)c2C(F)(F)F)nc1. The van der Waals surface area contributed by atoms with Crippen LogP contribution < -0.4 is 0 Å². The lowest BCUT2D eigenvalue weighted by molar-refractivity contribution is -0.174. The first-order valence-electron chi connectivity index (χ1n) is 7.79. The molecule has 10 heteroatoms. The molecule has 0 spiro atoms. The Morgan fingerprint density at radius 3 is 1.76 bits per heavy atom. The molecule has 0 aliphatic rings. The van der Waals surface area contributed by atoms with Crippen molar-refractivity contribution in [2.24, 2.45) is 0 Å². The fraction of sp³-hybridized carbons (Fsp3) is 0.267. The summed E-state index contributed by atoms with van der Waals surface area (Å²) in [7, 11) is 0. The number of halogens is 9. The lowest BCUT2D eigenvalue weighted by atomic mass is 9.92. The second-order valence-electron chi connectivity index (χ2n) is 4.84. The van der Waals surface area contributed by atoms with Crippen LogP contribution in [-0.2, 0) is 18.5 Å². The van der Waals surface area contributed by atoms with Gasteiger partial charge in [-0.2, -0.15) is 39.5 Å². The van der Waals surface area contributed by atoms with Gasteiger partial charge in [0.25, 0.3) is 0 Å². The van der Waals surface area contributed by atoms with Crippen molar-refractivity contribution in [2.75, 3.05) is 0 Å². The van der Waals surface area contributed by atoms with Crippen molar-refractivity contribution < 1.29 is 43.6 Å². The maximum absolute atomic E-state index is 13.4. The largest absolute Gasteiger partial charge is 0.417 e. The van der Waals surface area contributed by atoms with E-state index in [1.807, 2.05) is 0 Å². The summed E-state index contributed by atoms with van der Waals surface area (Å²) >= 11 is 0. The number of aromatic nitrogens is 1. The second-order valence-corrected chi connectivity index (χ2v) is 4.84. The van der Waals surface area contributed by atoms with E-state index in [0.29, 0.717) is 12.3 Å². The molecule has 0 radical (unpaired) electrons. The van der Waals surface area contributed by atoms with Gasteiger partial charge < -0.3 is 0 Å². The monoisotopic (exact) mass is 376 g/mol. The Hall–Kier alpha value is -2.26. The van der Waals surface area contributed by atoms with Gasteiger partial charge in [0.15, 0.2) is 0 Å². The van der Waals surface area contributed by atoms with Crippen LogP contribution in [0, 0.1) is 6.85 Å². The van der Waals surface area contributed by atoms with Crippen LogP contribution in [-0.4, -0.2) is 4.98 Å². The number of benzene rings is 1. The molecule has 136 valence electrons. The Balaban J connectivity index is 2.87. The summed E-state index contributed by atoms with van der Waals surface area (Å²) in [6.07, 6.45) is -16.8. The van der Waals surface area contributed by atoms with Gasteiger partial charge in [-0.15, -0.1) is 0 Å². The van der Waals surface area contributed by atoms with E-state index >= 15 is 0 Å². The smallest absolute Gasteiger partial charge is 0.256 e. The van der Waals surface area contributed by atoms with Crippen LogP contribution in [0.1, 0.15) is 26.4 Å². The fourth-order valence-corrected chi connectivity index (χ4v) is 2.19. The minimum atomic E-state index is -5.97. The van der Waals surface area contributed by atoms with Crippen LogP contribution >= 0.6 is 0 Å². The Kier molecular flexibility index (Phi) is 3.56. The summed E-state index contributed by atoms with van der Waals surface area (Å²) in [5.41, 5.74) is -10.4. The number of aryl methyl sites for hydroxylation is 1. The van der Waals surface area contributed by atoms with E-state index in [1.165, 1.54) is 0 Å². The molecule has 25 heavy (non-hydrogen) atoms. The molecule has 1 aromatic carbocycles. The van der Waals surface area contributed by atoms with E-state index in [4.69, 9.17) is 4.11 Å². The van der Waals surface area contributed by atoms with Crippen molar-refractivity contribution in [3.63, 3.8) is 0 Å². The quantitative estimate of drug-likeness (QED) is 0.547. The number of nitrogens with zero attached hydrogens (tertiary/aromatic N) is 1. The van der Waals surface area contributed by atoms with Crippen LogP contribution in [0.5, 0.6) is 0 Å². The summed E-state index contributed by atoms with van der Waals surface area (Å²) in [5, 5.41) is 0. The Labute approximate surface area is 139 Å². The van der Waals surface area contributed by atoms with Gasteiger partial charge in [-0.3, -0.25) is 4.98 Å². The van der Waals surface area contributed by atoms with Crippen molar-refractivity contribution in [3.05, 3.63) is 52.7 Å². The minimum absolute atomic E-state index is 0.118. The van der Waals surface area contributed by atoms with Crippen molar-refractivity contribution >= 4 is 0 Å². The van der Waals surface area contributed by atoms with Gasteiger partial charge in [0, 0.05) is 15.9 Å². The molecule has 0 N–H and O–H groups in total. The van der Waals surface area contributed by atoms with Crippen molar-refractivity contribution in [1.82, 2.24) is 4.98 Å². The third kappa shape index (κ3) is 3.88. The molecule has 1 aromatic heterocycles. The fourth-order valence-electron chi connectivity index (χ4n) is 2.19. The zero-order valence-corrected chi connectivity index (χ0v) is 11.7. The zero-order valence-electron chi connectivity index (χ0n) is 14.7. The minimum Gasteiger partial charge on any atom is -0.256 e. The second kappa shape index (κ2) is 5.92. The number of alkyl halides is 9. The summed E-state index contributed by atoms with van der Waals surface area (Å²) in [4.78, 5) is 3.40. The predicted molar refractivity (Wildman–Crippen MR) is 69.4 cm³/mol. The van der Waals surface area contributed by atoms with E-state index in [0.717, 1.165) is 6.07 Å². The van der Waals surface area contributed by atoms with Crippen LogP contribution in [0.15, 0.2) is 30.5 Å². The number of rotatable bonds is 1. The summed E-state index contributed by atoms with van der Waals surface area (Å²) < 4.78 is 140. The van der Waals surface area contributed by atoms with Crippen LogP contribution in [0.25, 0.3) is 11.3 Å².